The minimum absolute atomic E-state index is 0.304. The van der Waals surface area contributed by atoms with Crippen LogP contribution in [0.1, 0.15) is 33.7 Å². The Balaban J connectivity index is 1.44. The average Bonchev–Trinajstić information content (AvgIpc) is 3.41. The van der Waals surface area contributed by atoms with Gasteiger partial charge < -0.3 is 4.90 Å². The van der Waals surface area contributed by atoms with E-state index in [0.717, 1.165) is 6.42 Å². The number of benzene rings is 4. The van der Waals surface area contributed by atoms with Gasteiger partial charge in [-0.05, 0) is 89.0 Å². The second kappa shape index (κ2) is 7.33. The smallest absolute Gasteiger partial charge is 0.0629 e. The Bertz CT molecular complexity index is 1520. The lowest BCUT2D eigenvalue weighted by Crippen LogP contribution is -2.29. The zero-order chi connectivity index (χ0) is 22.8. The van der Waals surface area contributed by atoms with E-state index in [2.05, 4.69) is 122 Å². The number of aryl methyl sites for hydroxylation is 2. The molecule has 0 bridgehead atoms. The molecule has 0 aromatic heterocycles. The molecule has 164 valence electrons. The molecule has 34 heavy (non-hydrogen) atoms. The maximum Gasteiger partial charge on any atom is 0.0629 e. The van der Waals surface area contributed by atoms with E-state index >= 15 is 0 Å². The van der Waals surface area contributed by atoms with Gasteiger partial charge in [0.2, 0.25) is 0 Å². The van der Waals surface area contributed by atoms with Crippen LogP contribution in [0.25, 0.3) is 22.3 Å². The molecule has 0 spiro atoms. The van der Waals surface area contributed by atoms with Crippen LogP contribution in [0.2, 0.25) is 0 Å². The van der Waals surface area contributed by atoms with Crippen LogP contribution in [0.3, 0.4) is 0 Å². The standard InChI is InChI=1S/C33H27N/c1-21-17-30(25-16-15-24-19-23-9-3-4-10-26(23)29(24)20-25)33(18-22(21)2)34-31-13-7-5-11-27(31)28-12-6-8-14-32(28)34/h3-18,20,27,31H,19H2,1-2H3. The third kappa shape index (κ3) is 2.80. The fourth-order valence-corrected chi connectivity index (χ4v) is 6.09. The first-order valence-electron chi connectivity index (χ1n) is 12.2. The number of anilines is 2. The predicted molar refractivity (Wildman–Crippen MR) is 143 cm³/mol. The highest BCUT2D eigenvalue weighted by atomic mass is 15.2. The summed E-state index contributed by atoms with van der Waals surface area (Å²) in [5.41, 5.74) is 15.0. The third-order valence-electron chi connectivity index (χ3n) is 7.94. The van der Waals surface area contributed by atoms with Gasteiger partial charge in [-0.2, -0.15) is 0 Å². The van der Waals surface area contributed by atoms with Gasteiger partial charge in [0.05, 0.1) is 6.04 Å². The van der Waals surface area contributed by atoms with Gasteiger partial charge in [-0.3, -0.25) is 0 Å². The van der Waals surface area contributed by atoms with Crippen LogP contribution in [0, 0.1) is 13.8 Å². The van der Waals surface area contributed by atoms with Gasteiger partial charge in [-0.1, -0.05) is 78.9 Å². The van der Waals surface area contributed by atoms with Crippen molar-refractivity contribution in [2.45, 2.75) is 32.2 Å². The van der Waals surface area contributed by atoms with Crippen LogP contribution in [-0.2, 0) is 6.42 Å². The summed E-state index contributed by atoms with van der Waals surface area (Å²) in [5.74, 6) is 0.391. The van der Waals surface area contributed by atoms with Crippen LogP contribution < -0.4 is 4.90 Å². The minimum Gasteiger partial charge on any atom is -0.333 e. The second-order valence-corrected chi connectivity index (χ2v) is 9.87. The molecule has 7 rings (SSSR count). The average molecular weight is 438 g/mol. The van der Waals surface area contributed by atoms with Crippen molar-refractivity contribution in [1.82, 2.24) is 0 Å². The molecule has 2 unspecified atom stereocenters. The summed E-state index contributed by atoms with van der Waals surface area (Å²) >= 11 is 0. The molecular weight excluding hydrogens is 410 g/mol. The van der Waals surface area contributed by atoms with Gasteiger partial charge in [-0.25, -0.2) is 0 Å². The van der Waals surface area contributed by atoms with Crippen molar-refractivity contribution in [3.8, 4) is 22.3 Å². The first kappa shape index (κ1) is 19.6. The Morgan fingerprint density at radius 1 is 0.647 bits per heavy atom. The van der Waals surface area contributed by atoms with Crippen molar-refractivity contribution in [3.63, 3.8) is 0 Å². The molecule has 4 aromatic carbocycles. The third-order valence-corrected chi connectivity index (χ3v) is 7.94. The zero-order valence-corrected chi connectivity index (χ0v) is 19.6. The first-order valence-corrected chi connectivity index (χ1v) is 12.2. The topological polar surface area (TPSA) is 3.24 Å². The lowest BCUT2D eigenvalue weighted by Gasteiger charge is -2.31. The molecule has 0 saturated carbocycles. The van der Waals surface area contributed by atoms with Crippen molar-refractivity contribution >= 4 is 11.4 Å². The number of fused-ring (bicyclic) bond motifs is 6. The summed E-state index contributed by atoms with van der Waals surface area (Å²) < 4.78 is 0. The van der Waals surface area contributed by atoms with E-state index in [9.17, 15) is 0 Å². The number of rotatable bonds is 2. The van der Waals surface area contributed by atoms with E-state index in [4.69, 9.17) is 0 Å². The van der Waals surface area contributed by atoms with Crippen molar-refractivity contribution in [2.75, 3.05) is 4.90 Å². The van der Waals surface area contributed by atoms with Gasteiger partial charge in [0.15, 0.2) is 0 Å². The highest BCUT2D eigenvalue weighted by Crippen LogP contribution is 2.50. The van der Waals surface area contributed by atoms with Crippen LogP contribution in [0.5, 0.6) is 0 Å². The molecule has 1 aliphatic heterocycles. The highest BCUT2D eigenvalue weighted by molar-refractivity contribution is 5.90. The first-order chi connectivity index (χ1) is 16.7. The Kier molecular flexibility index (Phi) is 4.23. The largest absolute Gasteiger partial charge is 0.333 e. The van der Waals surface area contributed by atoms with Gasteiger partial charge in [0.25, 0.3) is 0 Å². The molecule has 1 heteroatoms. The summed E-state index contributed by atoms with van der Waals surface area (Å²) in [7, 11) is 0. The SMILES string of the molecule is Cc1cc(-c2ccc3c(c2)-c2ccccc2C3)c(N2c3ccccc3C3C=CC=CC32)cc1C. The summed E-state index contributed by atoms with van der Waals surface area (Å²) in [6.45, 7) is 4.47. The predicted octanol–water partition coefficient (Wildman–Crippen LogP) is 8.27. The molecule has 1 heterocycles. The Morgan fingerprint density at radius 3 is 2.35 bits per heavy atom. The van der Waals surface area contributed by atoms with Crippen LogP contribution in [-0.4, -0.2) is 6.04 Å². The van der Waals surface area contributed by atoms with Gasteiger partial charge in [0, 0.05) is 22.9 Å². The Hall–Kier alpha value is -3.84. The molecule has 0 amide bonds. The quantitative estimate of drug-likeness (QED) is 0.269. The molecule has 3 aliphatic rings. The Morgan fingerprint density at radius 2 is 1.41 bits per heavy atom. The van der Waals surface area contributed by atoms with Crippen molar-refractivity contribution in [2.24, 2.45) is 0 Å². The fourth-order valence-electron chi connectivity index (χ4n) is 6.09. The summed E-state index contributed by atoms with van der Waals surface area (Å²) in [6.07, 6.45) is 10.2. The number of hydrogen-bond donors (Lipinski definition) is 0. The number of allylic oxidation sites excluding steroid dienone is 2. The minimum atomic E-state index is 0.304. The van der Waals surface area contributed by atoms with E-state index in [-0.39, 0.29) is 0 Å². The van der Waals surface area contributed by atoms with Crippen molar-refractivity contribution < 1.29 is 0 Å². The lowest BCUT2D eigenvalue weighted by atomic mass is 9.91. The van der Waals surface area contributed by atoms with Crippen molar-refractivity contribution in [1.29, 1.82) is 0 Å². The number of hydrogen-bond acceptors (Lipinski definition) is 1. The number of nitrogens with zero attached hydrogens (tertiary/aromatic N) is 1. The summed E-state index contributed by atoms with van der Waals surface area (Å²) in [6, 6.07) is 30.0. The van der Waals surface area contributed by atoms with Crippen molar-refractivity contribution in [3.05, 3.63) is 131 Å². The molecule has 2 atom stereocenters. The lowest BCUT2D eigenvalue weighted by molar-refractivity contribution is 0.745. The molecular formula is C33H27N. The highest BCUT2D eigenvalue weighted by Gasteiger charge is 2.38. The number of para-hydroxylation sites is 1. The van der Waals surface area contributed by atoms with Crippen LogP contribution >= 0.6 is 0 Å². The normalized spacial score (nSPS) is 19.1. The monoisotopic (exact) mass is 437 g/mol. The van der Waals surface area contributed by atoms with E-state index < -0.39 is 0 Å². The summed E-state index contributed by atoms with van der Waals surface area (Å²) in [4.78, 5) is 2.57. The van der Waals surface area contributed by atoms with Gasteiger partial charge >= 0.3 is 0 Å². The molecule has 0 radical (unpaired) electrons. The molecule has 0 N–H and O–H groups in total. The summed E-state index contributed by atoms with van der Waals surface area (Å²) in [5, 5.41) is 0. The Labute approximate surface area is 201 Å². The van der Waals surface area contributed by atoms with Gasteiger partial charge in [-0.15, -0.1) is 0 Å². The second-order valence-electron chi connectivity index (χ2n) is 9.87. The van der Waals surface area contributed by atoms with Crippen LogP contribution in [0.15, 0.2) is 103 Å². The van der Waals surface area contributed by atoms with E-state index in [1.165, 1.54) is 61.4 Å². The fraction of sp³-hybridized carbons (Fsp3) is 0.152. The maximum atomic E-state index is 2.57. The van der Waals surface area contributed by atoms with Gasteiger partial charge in [0.1, 0.15) is 0 Å². The van der Waals surface area contributed by atoms with E-state index in [0.29, 0.717) is 12.0 Å². The molecule has 4 aromatic rings. The van der Waals surface area contributed by atoms with E-state index in [1.807, 2.05) is 0 Å². The molecule has 0 fully saturated rings. The van der Waals surface area contributed by atoms with Crippen LogP contribution in [0.4, 0.5) is 11.4 Å². The molecule has 2 aliphatic carbocycles. The zero-order valence-electron chi connectivity index (χ0n) is 19.6. The molecule has 0 saturated heterocycles. The molecule has 1 nitrogen and oxygen atoms in total. The van der Waals surface area contributed by atoms with E-state index in [1.54, 1.807) is 0 Å². The maximum absolute atomic E-state index is 2.57.